The minimum absolute atomic E-state index is 0.538. The molecule has 1 aromatic heterocycles. The lowest BCUT2D eigenvalue weighted by molar-refractivity contribution is 0.210. The van der Waals surface area contributed by atoms with Crippen molar-refractivity contribution in [1.82, 2.24) is 30.3 Å². The van der Waals surface area contributed by atoms with Crippen LogP contribution in [-0.2, 0) is 13.6 Å². The summed E-state index contributed by atoms with van der Waals surface area (Å²) in [5.41, 5.74) is 0. The Hall–Kier alpha value is -1.63. The van der Waals surface area contributed by atoms with Gasteiger partial charge in [0.1, 0.15) is 18.7 Å². The van der Waals surface area contributed by atoms with Gasteiger partial charge in [0.15, 0.2) is 5.96 Å². The first-order valence-corrected chi connectivity index (χ1v) is 7.72. The van der Waals surface area contributed by atoms with E-state index in [-0.39, 0.29) is 0 Å². The first-order chi connectivity index (χ1) is 10.2. The molecule has 1 fully saturated rings. The predicted molar refractivity (Wildman–Crippen MR) is 84.0 cm³/mol. The molecule has 0 saturated carbocycles. The van der Waals surface area contributed by atoms with Gasteiger partial charge in [-0.25, -0.2) is 9.98 Å². The number of likely N-dealkylation sites (tertiary alicyclic amines) is 1. The molecule has 1 atom stereocenters. The number of aromatic nitrogens is 3. The van der Waals surface area contributed by atoms with Gasteiger partial charge in [0, 0.05) is 26.7 Å². The average Bonchev–Trinajstić information content (AvgIpc) is 2.87. The second-order valence-electron chi connectivity index (χ2n) is 5.65. The molecular formula is C14H27N7. The van der Waals surface area contributed by atoms with Crippen molar-refractivity contribution >= 4 is 5.96 Å². The van der Waals surface area contributed by atoms with Crippen molar-refractivity contribution < 1.29 is 0 Å². The summed E-state index contributed by atoms with van der Waals surface area (Å²) in [6.45, 7) is 6.82. The SMILES string of the molecule is CCNC(=NCc1ncnn1C)NCC1CCCN(C)C1. The largest absolute Gasteiger partial charge is 0.357 e. The summed E-state index contributed by atoms with van der Waals surface area (Å²) in [6.07, 6.45) is 4.14. The fourth-order valence-electron chi connectivity index (χ4n) is 2.64. The van der Waals surface area contributed by atoms with Gasteiger partial charge in [-0.1, -0.05) is 0 Å². The van der Waals surface area contributed by atoms with Crippen molar-refractivity contribution in [1.29, 1.82) is 0 Å². The molecule has 0 radical (unpaired) electrons. The average molecular weight is 293 g/mol. The van der Waals surface area contributed by atoms with E-state index in [4.69, 9.17) is 0 Å². The molecule has 1 saturated heterocycles. The van der Waals surface area contributed by atoms with E-state index >= 15 is 0 Å². The number of rotatable bonds is 5. The zero-order chi connectivity index (χ0) is 15.1. The van der Waals surface area contributed by atoms with Crippen LogP contribution in [0.25, 0.3) is 0 Å². The van der Waals surface area contributed by atoms with Crippen molar-refractivity contribution in [3.8, 4) is 0 Å². The second-order valence-corrected chi connectivity index (χ2v) is 5.65. The number of aryl methyl sites for hydroxylation is 1. The van der Waals surface area contributed by atoms with Crippen molar-refractivity contribution in [3.63, 3.8) is 0 Å². The molecule has 1 aromatic rings. The van der Waals surface area contributed by atoms with E-state index in [1.54, 1.807) is 11.0 Å². The van der Waals surface area contributed by atoms with Gasteiger partial charge in [-0.05, 0) is 39.3 Å². The monoisotopic (exact) mass is 293 g/mol. The smallest absolute Gasteiger partial charge is 0.191 e. The van der Waals surface area contributed by atoms with E-state index in [1.807, 2.05) is 7.05 Å². The van der Waals surface area contributed by atoms with Gasteiger partial charge in [-0.15, -0.1) is 0 Å². The van der Waals surface area contributed by atoms with Crippen molar-refractivity contribution in [2.45, 2.75) is 26.3 Å². The lowest BCUT2D eigenvalue weighted by atomic mass is 9.99. The Bertz CT molecular complexity index is 454. The molecular weight excluding hydrogens is 266 g/mol. The van der Waals surface area contributed by atoms with E-state index in [9.17, 15) is 0 Å². The van der Waals surface area contributed by atoms with Gasteiger partial charge in [-0.2, -0.15) is 5.10 Å². The topological polar surface area (TPSA) is 70.4 Å². The maximum Gasteiger partial charge on any atom is 0.191 e. The predicted octanol–water partition coefficient (Wildman–Crippen LogP) is 0.212. The third kappa shape index (κ3) is 5.00. The molecule has 7 heteroatoms. The summed E-state index contributed by atoms with van der Waals surface area (Å²) in [5, 5.41) is 10.8. The van der Waals surface area contributed by atoms with Crippen LogP contribution in [-0.4, -0.2) is 58.9 Å². The second kappa shape index (κ2) is 7.97. The van der Waals surface area contributed by atoms with Crippen LogP contribution < -0.4 is 10.6 Å². The summed E-state index contributed by atoms with van der Waals surface area (Å²) in [6, 6.07) is 0. The molecule has 0 spiro atoms. The molecule has 0 bridgehead atoms. The van der Waals surface area contributed by atoms with Crippen molar-refractivity contribution in [2.75, 3.05) is 33.2 Å². The highest BCUT2D eigenvalue weighted by molar-refractivity contribution is 5.79. The van der Waals surface area contributed by atoms with Crippen LogP contribution in [0.3, 0.4) is 0 Å². The van der Waals surface area contributed by atoms with E-state index in [1.165, 1.54) is 19.4 Å². The van der Waals surface area contributed by atoms with Crippen molar-refractivity contribution in [3.05, 3.63) is 12.2 Å². The van der Waals surface area contributed by atoms with E-state index in [2.05, 4.69) is 44.6 Å². The number of piperidine rings is 1. The molecule has 0 aliphatic carbocycles. The van der Waals surface area contributed by atoms with Crippen LogP contribution in [0.5, 0.6) is 0 Å². The minimum Gasteiger partial charge on any atom is -0.357 e. The van der Waals surface area contributed by atoms with E-state index < -0.39 is 0 Å². The van der Waals surface area contributed by atoms with Crippen LogP contribution in [0.2, 0.25) is 0 Å². The Labute approximate surface area is 126 Å². The molecule has 2 heterocycles. The summed E-state index contributed by atoms with van der Waals surface area (Å²) < 4.78 is 1.75. The summed E-state index contributed by atoms with van der Waals surface area (Å²) >= 11 is 0. The Morgan fingerprint density at radius 2 is 2.29 bits per heavy atom. The molecule has 118 valence electrons. The van der Waals surface area contributed by atoms with Gasteiger partial charge < -0.3 is 15.5 Å². The third-order valence-corrected chi connectivity index (χ3v) is 3.81. The Morgan fingerprint density at radius 1 is 1.43 bits per heavy atom. The van der Waals surface area contributed by atoms with Gasteiger partial charge in [0.2, 0.25) is 0 Å². The number of nitrogens with one attached hydrogen (secondary N) is 2. The molecule has 0 aromatic carbocycles. The van der Waals surface area contributed by atoms with E-state index in [0.717, 1.165) is 31.4 Å². The van der Waals surface area contributed by atoms with Crippen LogP contribution >= 0.6 is 0 Å². The summed E-state index contributed by atoms with van der Waals surface area (Å²) in [4.78, 5) is 11.2. The molecule has 2 rings (SSSR count). The van der Waals surface area contributed by atoms with Crippen molar-refractivity contribution in [2.24, 2.45) is 18.0 Å². The van der Waals surface area contributed by atoms with E-state index in [0.29, 0.717) is 12.5 Å². The highest BCUT2D eigenvalue weighted by Crippen LogP contribution is 2.13. The molecule has 21 heavy (non-hydrogen) atoms. The van der Waals surface area contributed by atoms with Gasteiger partial charge in [0.25, 0.3) is 0 Å². The fourth-order valence-corrected chi connectivity index (χ4v) is 2.64. The molecule has 1 aliphatic rings. The molecule has 7 nitrogen and oxygen atoms in total. The van der Waals surface area contributed by atoms with Crippen LogP contribution in [0.1, 0.15) is 25.6 Å². The Balaban J connectivity index is 1.84. The highest BCUT2D eigenvalue weighted by atomic mass is 15.3. The first-order valence-electron chi connectivity index (χ1n) is 7.72. The van der Waals surface area contributed by atoms with Gasteiger partial charge in [-0.3, -0.25) is 4.68 Å². The number of nitrogens with zero attached hydrogens (tertiary/aromatic N) is 5. The normalized spacial score (nSPS) is 20.5. The quantitative estimate of drug-likeness (QED) is 0.600. The van der Waals surface area contributed by atoms with Crippen LogP contribution in [0, 0.1) is 5.92 Å². The molecule has 1 unspecified atom stereocenters. The van der Waals surface area contributed by atoms with Gasteiger partial charge >= 0.3 is 0 Å². The number of hydrogen-bond donors (Lipinski definition) is 2. The maximum atomic E-state index is 4.58. The number of aliphatic imine (C=N–C) groups is 1. The molecule has 1 aliphatic heterocycles. The standard InChI is InChI=1S/C14H27N7/c1-4-15-14(17-9-13-18-11-19-21(13)3)16-8-12-6-5-7-20(2)10-12/h11-12H,4-10H2,1-3H3,(H2,15,16,17). The lowest BCUT2D eigenvalue weighted by Crippen LogP contribution is -2.43. The van der Waals surface area contributed by atoms with Gasteiger partial charge in [0.05, 0.1) is 0 Å². The summed E-state index contributed by atoms with van der Waals surface area (Å²) in [5.74, 6) is 2.42. The lowest BCUT2D eigenvalue weighted by Gasteiger charge is -2.30. The number of hydrogen-bond acceptors (Lipinski definition) is 4. The highest BCUT2D eigenvalue weighted by Gasteiger charge is 2.17. The third-order valence-electron chi connectivity index (χ3n) is 3.81. The van der Waals surface area contributed by atoms with Crippen LogP contribution in [0.4, 0.5) is 0 Å². The number of guanidine groups is 1. The Kier molecular flexibility index (Phi) is 5.98. The summed E-state index contributed by atoms with van der Waals surface area (Å²) in [7, 11) is 4.08. The van der Waals surface area contributed by atoms with Crippen LogP contribution in [0.15, 0.2) is 11.3 Å². The first kappa shape index (κ1) is 15.8. The molecule has 0 amide bonds. The zero-order valence-electron chi connectivity index (χ0n) is 13.3. The molecule has 2 N–H and O–H groups in total. The Morgan fingerprint density at radius 3 is 2.95 bits per heavy atom. The minimum atomic E-state index is 0.538. The fraction of sp³-hybridized carbons (Fsp3) is 0.786. The zero-order valence-corrected chi connectivity index (χ0v) is 13.3. The maximum absolute atomic E-state index is 4.58.